The highest BCUT2D eigenvalue weighted by molar-refractivity contribution is 6.35. The number of carbonyl (C=O) groups excluding carboxylic acids is 1. The molecule has 1 aliphatic carbocycles. The van der Waals surface area contributed by atoms with Crippen molar-refractivity contribution in [2.75, 3.05) is 6.54 Å². The van der Waals surface area contributed by atoms with Gasteiger partial charge in [-0.05, 0) is 54.9 Å². The Morgan fingerprint density at radius 3 is 2.77 bits per heavy atom. The molecule has 3 nitrogen and oxygen atoms in total. The van der Waals surface area contributed by atoms with E-state index < -0.39 is 0 Å². The SMILES string of the molecule is CC(CC(=O)N1CCCC2(c3ccccc3)CCCCC12)c1c[nH]c2cccc(Cl)c12. The summed E-state index contributed by atoms with van der Waals surface area (Å²) in [5.74, 6) is 0.415. The molecule has 0 spiro atoms. The van der Waals surface area contributed by atoms with Gasteiger partial charge in [-0.3, -0.25) is 4.79 Å². The summed E-state index contributed by atoms with van der Waals surface area (Å²) in [5, 5.41) is 1.81. The molecule has 0 bridgehead atoms. The fourth-order valence-corrected chi connectivity index (χ4v) is 6.56. The van der Waals surface area contributed by atoms with Crippen LogP contribution in [0.3, 0.4) is 0 Å². The van der Waals surface area contributed by atoms with Crippen LogP contribution in [0.25, 0.3) is 10.9 Å². The van der Waals surface area contributed by atoms with Crippen LogP contribution in [0.4, 0.5) is 0 Å². The molecule has 1 aliphatic heterocycles. The fourth-order valence-electron chi connectivity index (χ4n) is 6.28. The molecule has 2 aromatic carbocycles. The first-order chi connectivity index (χ1) is 15.1. The first-order valence-electron chi connectivity index (χ1n) is 11.7. The number of aromatic nitrogens is 1. The zero-order chi connectivity index (χ0) is 21.4. The molecule has 3 aromatic rings. The van der Waals surface area contributed by atoms with Crippen molar-refractivity contribution in [1.29, 1.82) is 0 Å². The van der Waals surface area contributed by atoms with Gasteiger partial charge in [-0.1, -0.05) is 67.8 Å². The normalized spacial score (nSPS) is 24.7. The fraction of sp³-hybridized carbons (Fsp3) is 0.444. The predicted octanol–water partition coefficient (Wildman–Crippen LogP) is 6.82. The smallest absolute Gasteiger partial charge is 0.223 e. The Labute approximate surface area is 189 Å². The average Bonchev–Trinajstić information content (AvgIpc) is 3.25. The third-order valence-corrected chi connectivity index (χ3v) is 8.07. The number of benzene rings is 2. The summed E-state index contributed by atoms with van der Waals surface area (Å²) in [4.78, 5) is 19.2. The second kappa shape index (κ2) is 8.35. The van der Waals surface area contributed by atoms with Crippen LogP contribution in [-0.4, -0.2) is 28.4 Å². The van der Waals surface area contributed by atoms with Gasteiger partial charge in [-0.15, -0.1) is 0 Å². The molecule has 1 aromatic heterocycles. The third-order valence-electron chi connectivity index (χ3n) is 7.75. The van der Waals surface area contributed by atoms with E-state index >= 15 is 0 Å². The number of rotatable bonds is 4. The minimum absolute atomic E-state index is 0.123. The van der Waals surface area contributed by atoms with Crippen LogP contribution in [0.2, 0.25) is 5.02 Å². The highest BCUT2D eigenvalue weighted by Crippen LogP contribution is 2.48. The van der Waals surface area contributed by atoms with Crippen molar-refractivity contribution in [1.82, 2.24) is 9.88 Å². The Bertz CT molecular complexity index is 1070. The molecule has 3 atom stereocenters. The van der Waals surface area contributed by atoms with Gasteiger partial charge in [0.2, 0.25) is 5.91 Å². The third kappa shape index (κ3) is 3.57. The minimum atomic E-state index is 0.123. The van der Waals surface area contributed by atoms with Gasteiger partial charge in [0.05, 0.1) is 5.02 Å². The lowest BCUT2D eigenvalue weighted by Gasteiger charge is -2.53. The Balaban J connectivity index is 1.41. The average molecular weight is 435 g/mol. The van der Waals surface area contributed by atoms with Crippen molar-refractivity contribution in [2.24, 2.45) is 0 Å². The molecule has 4 heteroatoms. The van der Waals surface area contributed by atoms with Crippen LogP contribution >= 0.6 is 11.6 Å². The lowest BCUT2D eigenvalue weighted by atomic mass is 9.61. The predicted molar refractivity (Wildman–Crippen MR) is 128 cm³/mol. The highest BCUT2D eigenvalue weighted by atomic mass is 35.5. The second-order valence-corrected chi connectivity index (χ2v) is 9.89. The van der Waals surface area contributed by atoms with E-state index in [4.69, 9.17) is 11.6 Å². The number of fused-ring (bicyclic) bond motifs is 2. The van der Waals surface area contributed by atoms with Crippen molar-refractivity contribution >= 4 is 28.4 Å². The Morgan fingerprint density at radius 2 is 1.94 bits per heavy atom. The van der Waals surface area contributed by atoms with Crippen LogP contribution in [0.15, 0.2) is 54.7 Å². The maximum absolute atomic E-state index is 13.6. The number of H-pyrrole nitrogens is 1. The van der Waals surface area contributed by atoms with E-state index in [0.29, 0.717) is 18.4 Å². The van der Waals surface area contributed by atoms with Crippen LogP contribution < -0.4 is 0 Å². The minimum Gasteiger partial charge on any atom is -0.361 e. The number of nitrogens with one attached hydrogen (secondary N) is 1. The van der Waals surface area contributed by atoms with E-state index in [0.717, 1.165) is 40.9 Å². The molecule has 2 heterocycles. The summed E-state index contributed by atoms with van der Waals surface area (Å²) in [6.07, 6.45) is 9.63. The largest absolute Gasteiger partial charge is 0.361 e. The molecule has 5 rings (SSSR count). The number of nitrogens with zero attached hydrogens (tertiary/aromatic N) is 1. The number of piperidine rings is 1. The molecule has 1 saturated heterocycles. The number of likely N-dealkylation sites (tertiary alicyclic amines) is 1. The van der Waals surface area contributed by atoms with Crippen molar-refractivity contribution in [3.05, 3.63) is 70.9 Å². The van der Waals surface area contributed by atoms with Gasteiger partial charge in [0, 0.05) is 41.5 Å². The van der Waals surface area contributed by atoms with Crippen LogP contribution in [0, 0.1) is 0 Å². The number of hydrogen-bond acceptors (Lipinski definition) is 1. The molecule has 162 valence electrons. The summed E-state index contributed by atoms with van der Waals surface area (Å²) in [6.45, 7) is 3.04. The van der Waals surface area contributed by atoms with E-state index in [1.807, 2.05) is 24.4 Å². The molecule has 1 amide bonds. The number of hydrogen-bond donors (Lipinski definition) is 1. The maximum Gasteiger partial charge on any atom is 0.223 e. The van der Waals surface area contributed by atoms with Crippen molar-refractivity contribution in [2.45, 2.75) is 69.2 Å². The van der Waals surface area contributed by atoms with Gasteiger partial charge in [-0.2, -0.15) is 0 Å². The first kappa shape index (κ1) is 20.6. The van der Waals surface area contributed by atoms with Crippen molar-refractivity contribution in [3.63, 3.8) is 0 Å². The summed E-state index contributed by atoms with van der Waals surface area (Å²) in [5.41, 5.74) is 3.73. The summed E-state index contributed by atoms with van der Waals surface area (Å²) < 4.78 is 0. The van der Waals surface area contributed by atoms with E-state index in [9.17, 15) is 4.79 Å². The monoisotopic (exact) mass is 434 g/mol. The summed E-state index contributed by atoms with van der Waals surface area (Å²) in [7, 11) is 0. The molecular formula is C27H31ClN2O. The van der Waals surface area contributed by atoms with Crippen molar-refractivity contribution < 1.29 is 4.79 Å². The Kier molecular flexibility index (Phi) is 5.56. The van der Waals surface area contributed by atoms with Gasteiger partial charge >= 0.3 is 0 Å². The van der Waals surface area contributed by atoms with E-state index in [2.05, 4.69) is 47.1 Å². The van der Waals surface area contributed by atoms with E-state index in [1.165, 1.54) is 31.2 Å². The molecule has 2 aliphatic rings. The molecule has 1 saturated carbocycles. The lowest BCUT2D eigenvalue weighted by Crippen LogP contribution is -2.58. The maximum atomic E-state index is 13.6. The summed E-state index contributed by atoms with van der Waals surface area (Å²) in [6, 6.07) is 17.2. The highest BCUT2D eigenvalue weighted by Gasteiger charge is 2.48. The van der Waals surface area contributed by atoms with Gasteiger partial charge in [-0.25, -0.2) is 0 Å². The molecule has 2 fully saturated rings. The number of aromatic amines is 1. The number of carbonyl (C=O) groups is 1. The van der Waals surface area contributed by atoms with Crippen LogP contribution in [0.1, 0.15) is 68.9 Å². The van der Waals surface area contributed by atoms with E-state index in [-0.39, 0.29) is 11.3 Å². The van der Waals surface area contributed by atoms with Gasteiger partial charge in [0.25, 0.3) is 0 Å². The van der Waals surface area contributed by atoms with Crippen molar-refractivity contribution in [3.8, 4) is 0 Å². The lowest BCUT2D eigenvalue weighted by molar-refractivity contribution is -0.139. The zero-order valence-electron chi connectivity index (χ0n) is 18.2. The first-order valence-corrected chi connectivity index (χ1v) is 12.1. The zero-order valence-corrected chi connectivity index (χ0v) is 19.0. The standard InChI is InChI=1S/C27H31ClN2O/c1-19(21-18-29-23-12-7-11-22(28)26(21)23)17-25(31)30-16-8-15-27(14-6-5-13-24(27)30)20-9-3-2-4-10-20/h2-4,7,9-12,18-19,24,29H,5-6,8,13-17H2,1H3. The second-order valence-electron chi connectivity index (χ2n) is 9.49. The van der Waals surface area contributed by atoms with Gasteiger partial charge in [0.1, 0.15) is 0 Å². The topological polar surface area (TPSA) is 36.1 Å². The van der Waals surface area contributed by atoms with Crippen LogP contribution in [-0.2, 0) is 10.2 Å². The van der Waals surface area contributed by atoms with Gasteiger partial charge in [0.15, 0.2) is 0 Å². The molecule has 3 unspecified atom stereocenters. The molecule has 31 heavy (non-hydrogen) atoms. The molecular weight excluding hydrogens is 404 g/mol. The number of halogens is 1. The van der Waals surface area contributed by atoms with E-state index in [1.54, 1.807) is 0 Å². The molecule has 1 N–H and O–H groups in total. The summed E-state index contributed by atoms with van der Waals surface area (Å²) >= 11 is 6.49. The Hall–Kier alpha value is -2.26. The Morgan fingerprint density at radius 1 is 1.13 bits per heavy atom. The molecule has 0 radical (unpaired) electrons. The quantitative estimate of drug-likeness (QED) is 0.480. The van der Waals surface area contributed by atoms with Gasteiger partial charge < -0.3 is 9.88 Å². The number of amides is 1. The van der Waals surface area contributed by atoms with Crippen LogP contribution in [0.5, 0.6) is 0 Å².